The summed E-state index contributed by atoms with van der Waals surface area (Å²) >= 11 is 1.26. The lowest BCUT2D eigenvalue weighted by atomic mass is 10.2. The number of carbonyl (C=O) groups is 1. The topological polar surface area (TPSA) is 103 Å². The minimum absolute atomic E-state index is 0.0866. The molecule has 0 atom stereocenters. The lowest BCUT2D eigenvalue weighted by Crippen LogP contribution is -2.15. The summed E-state index contributed by atoms with van der Waals surface area (Å²) in [7, 11) is 0. The van der Waals surface area contributed by atoms with Crippen molar-refractivity contribution in [3.05, 3.63) is 40.0 Å². The first-order chi connectivity index (χ1) is 12.0. The van der Waals surface area contributed by atoms with Gasteiger partial charge in [0.15, 0.2) is 5.16 Å². The van der Waals surface area contributed by atoms with E-state index in [9.17, 15) is 19.3 Å². The molecule has 8 nitrogen and oxygen atoms in total. The van der Waals surface area contributed by atoms with Crippen molar-refractivity contribution in [2.45, 2.75) is 37.4 Å². The second-order valence-electron chi connectivity index (χ2n) is 5.62. The van der Waals surface area contributed by atoms with Crippen LogP contribution in [0.4, 0.5) is 15.8 Å². The summed E-state index contributed by atoms with van der Waals surface area (Å²) in [6.45, 7) is 0.844. The minimum atomic E-state index is -0.941. The van der Waals surface area contributed by atoms with Crippen LogP contribution in [0, 0.1) is 15.9 Å². The zero-order valence-corrected chi connectivity index (χ0v) is 14.1. The van der Waals surface area contributed by atoms with Crippen molar-refractivity contribution in [1.29, 1.82) is 0 Å². The molecule has 1 aliphatic heterocycles. The van der Waals surface area contributed by atoms with Crippen molar-refractivity contribution < 1.29 is 14.1 Å². The molecule has 0 unspecified atom stereocenters. The van der Waals surface area contributed by atoms with Crippen molar-refractivity contribution in [3.63, 3.8) is 0 Å². The summed E-state index contributed by atoms with van der Waals surface area (Å²) < 4.78 is 15.3. The molecular weight excluding hydrogens is 349 g/mol. The molecule has 1 aliphatic rings. The third-order valence-corrected chi connectivity index (χ3v) is 4.80. The van der Waals surface area contributed by atoms with Crippen molar-refractivity contribution >= 4 is 29.0 Å². The van der Waals surface area contributed by atoms with E-state index in [2.05, 4.69) is 15.5 Å². The average molecular weight is 365 g/mol. The number of nitrogens with one attached hydrogen (secondary N) is 1. The standard InChI is InChI=1S/C15H16FN5O3S/c16-11-6-5-10(8-12(11)21(23)24)17-14(22)9-25-15-19-18-13-4-2-1-3-7-20(13)15/h5-6,8H,1-4,7,9H2,(H,17,22). The highest BCUT2D eigenvalue weighted by Gasteiger charge is 2.18. The quantitative estimate of drug-likeness (QED) is 0.496. The molecule has 0 fully saturated rings. The lowest BCUT2D eigenvalue weighted by molar-refractivity contribution is -0.387. The van der Waals surface area contributed by atoms with Crippen LogP contribution in [0.3, 0.4) is 0 Å². The van der Waals surface area contributed by atoms with Gasteiger partial charge in [-0.25, -0.2) is 0 Å². The number of hydrogen-bond acceptors (Lipinski definition) is 6. The summed E-state index contributed by atoms with van der Waals surface area (Å²) in [5.41, 5.74) is -0.494. The van der Waals surface area contributed by atoms with E-state index in [1.807, 2.05) is 4.57 Å². The number of fused-ring (bicyclic) bond motifs is 1. The van der Waals surface area contributed by atoms with E-state index in [-0.39, 0.29) is 17.3 Å². The molecule has 2 heterocycles. The van der Waals surface area contributed by atoms with Gasteiger partial charge in [0.25, 0.3) is 0 Å². The number of halogens is 1. The molecule has 1 amide bonds. The average Bonchev–Trinajstić information content (AvgIpc) is 2.81. The highest BCUT2D eigenvalue weighted by atomic mass is 32.2. The first-order valence-electron chi connectivity index (χ1n) is 7.83. The maximum absolute atomic E-state index is 13.3. The fraction of sp³-hybridized carbons (Fsp3) is 0.400. The third-order valence-electron chi connectivity index (χ3n) is 3.83. The first-order valence-corrected chi connectivity index (χ1v) is 8.82. The number of nitrogens with zero attached hydrogens (tertiary/aromatic N) is 4. The van der Waals surface area contributed by atoms with Crippen LogP contribution in [0.15, 0.2) is 23.4 Å². The van der Waals surface area contributed by atoms with Gasteiger partial charge in [0.2, 0.25) is 11.7 Å². The zero-order chi connectivity index (χ0) is 17.8. The number of hydrogen-bond donors (Lipinski definition) is 1. The molecule has 1 aromatic heterocycles. The van der Waals surface area contributed by atoms with Gasteiger partial charge in [-0.15, -0.1) is 10.2 Å². The van der Waals surface area contributed by atoms with E-state index < -0.39 is 16.4 Å². The van der Waals surface area contributed by atoms with Gasteiger partial charge in [-0.2, -0.15) is 4.39 Å². The van der Waals surface area contributed by atoms with Crippen molar-refractivity contribution in [3.8, 4) is 0 Å². The van der Waals surface area contributed by atoms with Gasteiger partial charge in [0, 0.05) is 24.7 Å². The molecule has 3 rings (SSSR count). The Kier molecular flexibility index (Phi) is 5.27. The van der Waals surface area contributed by atoms with Crippen molar-refractivity contribution in [2.75, 3.05) is 11.1 Å². The molecule has 0 aliphatic carbocycles. The molecule has 0 bridgehead atoms. The van der Waals surface area contributed by atoms with Gasteiger partial charge in [-0.3, -0.25) is 14.9 Å². The van der Waals surface area contributed by atoms with Gasteiger partial charge in [-0.1, -0.05) is 18.2 Å². The number of aryl methyl sites for hydroxylation is 1. The Balaban J connectivity index is 1.61. The van der Waals surface area contributed by atoms with Gasteiger partial charge in [0.1, 0.15) is 5.82 Å². The van der Waals surface area contributed by atoms with E-state index in [4.69, 9.17) is 0 Å². The molecule has 25 heavy (non-hydrogen) atoms. The number of nitro groups is 1. The van der Waals surface area contributed by atoms with Gasteiger partial charge >= 0.3 is 5.69 Å². The molecule has 2 aromatic rings. The van der Waals surface area contributed by atoms with Crippen LogP contribution in [-0.4, -0.2) is 31.3 Å². The minimum Gasteiger partial charge on any atom is -0.325 e. The molecule has 0 spiro atoms. The maximum atomic E-state index is 13.3. The molecule has 1 aromatic carbocycles. The summed E-state index contributed by atoms with van der Waals surface area (Å²) in [5.74, 6) is -0.265. The van der Waals surface area contributed by atoms with Crippen LogP contribution in [-0.2, 0) is 17.8 Å². The normalized spacial score (nSPS) is 13.8. The number of nitro benzene ring substituents is 1. The summed E-state index contributed by atoms with van der Waals surface area (Å²) in [6.07, 6.45) is 4.19. The number of carbonyl (C=O) groups excluding carboxylic acids is 1. The first kappa shape index (κ1) is 17.3. The SMILES string of the molecule is O=C(CSc1nnc2n1CCCCC2)Nc1ccc(F)c([N+](=O)[O-])c1. The Labute approximate surface area is 147 Å². The number of anilines is 1. The number of thioether (sulfide) groups is 1. The van der Waals surface area contributed by atoms with Gasteiger partial charge in [-0.05, 0) is 25.0 Å². The van der Waals surface area contributed by atoms with Crippen LogP contribution in [0.1, 0.15) is 25.1 Å². The molecule has 0 saturated heterocycles. The van der Waals surface area contributed by atoms with Gasteiger partial charge in [0.05, 0.1) is 10.7 Å². The largest absolute Gasteiger partial charge is 0.325 e. The number of aromatic nitrogens is 3. The predicted molar refractivity (Wildman–Crippen MR) is 90.0 cm³/mol. The van der Waals surface area contributed by atoms with Gasteiger partial charge < -0.3 is 9.88 Å². The van der Waals surface area contributed by atoms with Crippen LogP contribution in [0.25, 0.3) is 0 Å². The van der Waals surface area contributed by atoms with Crippen molar-refractivity contribution in [1.82, 2.24) is 14.8 Å². The van der Waals surface area contributed by atoms with E-state index in [0.717, 1.165) is 50.2 Å². The lowest BCUT2D eigenvalue weighted by Gasteiger charge is -2.07. The molecule has 1 N–H and O–H groups in total. The predicted octanol–water partition coefficient (Wildman–Crippen LogP) is 2.78. The molecular formula is C15H16FN5O3S. The summed E-state index contributed by atoms with van der Waals surface area (Å²) in [5, 5.41) is 22.2. The van der Waals surface area contributed by atoms with Crippen LogP contribution < -0.4 is 5.32 Å². The number of benzene rings is 1. The fourth-order valence-electron chi connectivity index (χ4n) is 2.62. The Morgan fingerprint density at radius 3 is 3.00 bits per heavy atom. The van der Waals surface area contributed by atoms with Crippen LogP contribution >= 0.6 is 11.8 Å². The second kappa shape index (κ2) is 7.60. The van der Waals surface area contributed by atoms with E-state index in [1.165, 1.54) is 17.8 Å². The molecule has 0 radical (unpaired) electrons. The highest BCUT2D eigenvalue weighted by Crippen LogP contribution is 2.24. The number of amides is 1. The molecule has 0 saturated carbocycles. The molecule has 10 heteroatoms. The van der Waals surface area contributed by atoms with Crippen LogP contribution in [0.2, 0.25) is 0 Å². The number of rotatable bonds is 5. The fourth-order valence-corrected chi connectivity index (χ4v) is 3.41. The van der Waals surface area contributed by atoms with Crippen LogP contribution in [0.5, 0.6) is 0 Å². The Morgan fingerprint density at radius 1 is 1.36 bits per heavy atom. The monoisotopic (exact) mass is 365 g/mol. The maximum Gasteiger partial charge on any atom is 0.306 e. The summed E-state index contributed by atoms with van der Waals surface area (Å²) in [4.78, 5) is 22.0. The van der Waals surface area contributed by atoms with E-state index in [0.29, 0.717) is 5.16 Å². The van der Waals surface area contributed by atoms with Crippen molar-refractivity contribution in [2.24, 2.45) is 0 Å². The highest BCUT2D eigenvalue weighted by molar-refractivity contribution is 7.99. The molecule has 132 valence electrons. The second-order valence-corrected chi connectivity index (χ2v) is 6.56. The Hall–Kier alpha value is -2.49. The third kappa shape index (κ3) is 4.13. The summed E-state index contributed by atoms with van der Waals surface area (Å²) in [6, 6.07) is 3.24. The Morgan fingerprint density at radius 2 is 2.20 bits per heavy atom. The Bertz CT molecular complexity index is 810. The van der Waals surface area contributed by atoms with E-state index in [1.54, 1.807) is 0 Å². The smallest absolute Gasteiger partial charge is 0.306 e. The van der Waals surface area contributed by atoms with E-state index >= 15 is 0 Å². The zero-order valence-electron chi connectivity index (χ0n) is 13.3.